The molecule has 0 bridgehead atoms. The SMILES string of the molecule is CCS(=O)(=O)c1ccc2c(c1)N(c1ncc(-c3cc(OC)ccn3)cn1)CC21CC1. The van der Waals surface area contributed by atoms with Crippen LogP contribution in [0.1, 0.15) is 25.3 Å². The zero-order valence-electron chi connectivity index (χ0n) is 16.9. The second kappa shape index (κ2) is 6.77. The highest BCUT2D eigenvalue weighted by Gasteiger charge is 2.52. The van der Waals surface area contributed by atoms with Crippen LogP contribution in [-0.4, -0.2) is 42.8 Å². The van der Waals surface area contributed by atoms with E-state index in [9.17, 15) is 8.42 Å². The first-order chi connectivity index (χ1) is 14.5. The highest BCUT2D eigenvalue weighted by atomic mass is 32.2. The number of nitrogens with zero attached hydrogens (tertiary/aromatic N) is 4. The predicted octanol–water partition coefficient (Wildman–Crippen LogP) is 3.52. The van der Waals surface area contributed by atoms with Crippen LogP contribution in [0.25, 0.3) is 11.3 Å². The average Bonchev–Trinajstić information content (AvgIpc) is 3.50. The number of sulfone groups is 1. The van der Waals surface area contributed by atoms with Gasteiger partial charge in [-0.1, -0.05) is 13.0 Å². The Balaban J connectivity index is 1.52. The highest BCUT2D eigenvalue weighted by molar-refractivity contribution is 7.91. The number of methoxy groups -OCH3 is 1. The first kappa shape index (κ1) is 19.0. The minimum Gasteiger partial charge on any atom is -0.497 e. The normalized spacial score (nSPS) is 16.5. The maximum absolute atomic E-state index is 12.4. The summed E-state index contributed by atoms with van der Waals surface area (Å²) < 4.78 is 30.1. The van der Waals surface area contributed by atoms with Gasteiger partial charge in [0, 0.05) is 47.9 Å². The van der Waals surface area contributed by atoms with Gasteiger partial charge in [0.25, 0.3) is 0 Å². The number of pyridine rings is 1. The summed E-state index contributed by atoms with van der Waals surface area (Å²) in [5, 5.41) is 0. The smallest absolute Gasteiger partial charge is 0.229 e. The lowest BCUT2D eigenvalue weighted by Crippen LogP contribution is -2.21. The fourth-order valence-electron chi connectivity index (χ4n) is 4.06. The third-order valence-electron chi connectivity index (χ3n) is 6.03. The Labute approximate surface area is 175 Å². The molecule has 0 radical (unpaired) electrons. The van der Waals surface area contributed by atoms with E-state index in [-0.39, 0.29) is 11.2 Å². The van der Waals surface area contributed by atoms with E-state index in [1.807, 2.05) is 17.0 Å². The van der Waals surface area contributed by atoms with Crippen LogP contribution in [0, 0.1) is 0 Å². The standard InChI is InChI=1S/C22H22N4O3S/c1-3-30(27,28)17-4-5-18-20(11-17)26(14-22(18)7-8-22)21-24-12-15(13-25-21)19-10-16(29-2)6-9-23-19/h4-6,9-13H,3,7-8,14H2,1-2H3. The monoisotopic (exact) mass is 422 g/mol. The Kier molecular flexibility index (Phi) is 4.28. The molecular formula is C22H22N4O3S. The summed E-state index contributed by atoms with van der Waals surface area (Å²) in [4.78, 5) is 15.9. The van der Waals surface area contributed by atoms with E-state index in [0.29, 0.717) is 10.8 Å². The van der Waals surface area contributed by atoms with Gasteiger partial charge >= 0.3 is 0 Å². The molecule has 5 rings (SSSR count). The van der Waals surface area contributed by atoms with Crippen LogP contribution in [0.5, 0.6) is 5.75 Å². The molecule has 2 aromatic heterocycles. The number of benzene rings is 1. The van der Waals surface area contributed by atoms with Gasteiger partial charge in [0.1, 0.15) is 5.75 Å². The number of anilines is 2. The summed E-state index contributed by atoms with van der Waals surface area (Å²) in [6.07, 6.45) is 7.37. The predicted molar refractivity (Wildman–Crippen MR) is 114 cm³/mol. The van der Waals surface area contributed by atoms with E-state index >= 15 is 0 Å². The van der Waals surface area contributed by atoms with Gasteiger partial charge in [-0.05, 0) is 36.6 Å². The Bertz CT molecular complexity index is 1220. The van der Waals surface area contributed by atoms with Crippen molar-refractivity contribution < 1.29 is 13.2 Å². The lowest BCUT2D eigenvalue weighted by Gasteiger charge is -2.18. The molecule has 1 aliphatic heterocycles. The summed E-state index contributed by atoms with van der Waals surface area (Å²) in [6.45, 7) is 2.44. The first-order valence-corrected chi connectivity index (χ1v) is 11.6. The van der Waals surface area contributed by atoms with Gasteiger partial charge in [-0.25, -0.2) is 18.4 Å². The largest absolute Gasteiger partial charge is 0.497 e. The fourth-order valence-corrected chi connectivity index (χ4v) is 4.96. The van der Waals surface area contributed by atoms with Crippen molar-refractivity contribution in [3.05, 3.63) is 54.5 Å². The molecule has 0 N–H and O–H groups in total. The maximum Gasteiger partial charge on any atom is 0.229 e. The van der Waals surface area contributed by atoms with Crippen LogP contribution in [0.4, 0.5) is 11.6 Å². The van der Waals surface area contributed by atoms with E-state index in [1.165, 1.54) is 5.56 Å². The Morgan fingerprint density at radius 3 is 2.53 bits per heavy atom. The third-order valence-corrected chi connectivity index (χ3v) is 7.76. The van der Waals surface area contributed by atoms with Crippen molar-refractivity contribution in [3.8, 4) is 17.0 Å². The number of rotatable bonds is 5. The van der Waals surface area contributed by atoms with Gasteiger partial charge in [0.2, 0.25) is 5.95 Å². The maximum atomic E-state index is 12.4. The van der Waals surface area contributed by atoms with E-state index in [0.717, 1.165) is 42.1 Å². The Morgan fingerprint density at radius 2 is 1.87 bits per heavy atom. The van der Waals surface area contributed by atoms with E-state index in [2.05, 4.69) is 15.0 Å². The van der Waals surface area contributed by atoms with Crippen LogP contribution >= 0.6 is 0 Å². The van der Waals surface area contributed by atoms with Gasteiger partial charge in [0.05, 0.1) is 23.5 Å². The lowest BCUT2D eigenvalue weighted by atomic mass is 9.99. The van der Waals surface area contributed by atoms with Crippen molar-refractivity contribution in [2.24, 2.45) is 0 Å². The molecule has 7 nitrogen and oxygen atoms in total. The quantitative estimate of drug-likeness (QED) is 0.622. The van der Waals surface area contributed by atoms with Gasteiger partial charge in [-0.2, -0.15) is 0 Å². The molecule has 2 aliphatic rings. The Hall–Kier alpha value is -3.00. The van der Waals surface area contributed by atoms with Crippen molar-refractivity contribution in [1.29, 1.82) is 0 Å². The van der Waals surface area contributed by atoms with E-state index in [4.69, 9.17) is 4.74 Å². The molecule has 1 spiro atoms. The summed E-state index contributed by atoms with van der Waals surface area (Å²) in [7, 11) is -1.66. The van der Waals surface area contributed by atoms with Crippen LogP contribution in [0.15, 0.2) is 53.8 Å². The zero-order chi connectivity index (χ0) is 20.9. The minimum atomic E-state index is -3.28. The van der Waals surface area contributed by atoms with Crippen LogP contribution in [-0.2, 0) is 15.3 Å². The number of hydrogen-bond acceptors (Lipinski definition) is 7. The number of hydrogen-bond donors (Lipinski definition) is 0. The minimum absolute atomic E-state index is 0.0790. The summed E-state index contributed by atoms with van der Waals surface area (Å²) in [5.74, 6) is 1.37. The van der Waals surface area contributed by atoms with Crippen molar-refractivity contribution >= 4 is 21.5 Å². The zero-order valence-corrected chi connectivity index (χ0v) is 17.7. The van der Waals surface area contributed by atoms with Crippen LogP contribution in [0.2, 0.25) is 0 Å². The molecule has 0 amide bonds. The van der Waals surface area contributed by atoms with Crippen molar-refractivity contribution in [2.75, 3.05) is 24.3 Å². The molecule has 1 fully saturated rings. The number of ether oxygens (including phenoxy) is 1. The molecule has 154 valence electrons. The molecule has 0 unspecified atom stereocenters. The van der Waals surface area contributed by atoms with Gasteiger partial charge in [-0.3, -0.25) is 4.98 Å². The van der Waals surface area contributed by atoms with Crippen molar-refractivity contribution in [3.63, 3.8) is 0 Å². The van der Waals surface area contributed by atoms with Crippen molar-refractivity contribution in [1.82, 2.24) is 15.0 Å². The summed E-state index contributed by atoms with van der Waals surface area (Å²) in [6, 6.07) is 9.11. The number of aromatic nitrogens is 3. The molecule has 8 heteroatoms. The topological polar surface area (TPSA) is 85.3 Å². The molecule has 0 saturated heterocycles. The van der Waals surface area contributed by atoms with Gasteiger partial charge in [-0.15, -0.1) is 0 Å². The third kappa shape index (κ3) is 3.02. The highest BCUT2D eigenvalue weighted by Crippen LogP contribution is 2.58. The molecule has 0 atom stereocenters. The van der Waals surface area contributed by atoms with Crippen molar-refractivity contribution in [2.45, 2.75) is 30.1 Å². The molecule has 1 aliphatic carbocycles. The molecule has 1 aromatic carbocycles. The van der Waals surface area contributed by atoms with Crippen LogP contribution in [0.3, 0.4) is 0 Å². The van der Waals surface area contributed by atoms with Gasteiger partial charge < -0.3 is 9.64 Å². The fraction of sp³-hybridized carbons (Fsp3) is 0.318. The number of fused-ring (bicyclic) bond motifs is 2. The molecule has 1 saturated carbocycles. The van der Waals surface area contributed by atoms with Crippen LogP contribution < -0.4 is 9.64 Å². The lowest BCUT2D eigenvalue weighted by molar-refractivity contribution is 0.414. The van der Waals surface area contributed by atoms with Gasteiger partial charge in [0.15, 0.2) is 9.84 Å². The second-order valence-corrected chi connectivity index (χ2v) is 10.1. The average molecular weight is 423 g/mol. The Morgan fingerprint density at radius 1 is 1.10 bits per heavy atom. The molecule has 3 heterocycles. The summed E-state index contributed by atoms with van der Waals surface area (Å²) >= 11 is 0. The van der Waals surface area contributed by atoms with E-state index in [1.54, 1.807) is 50.8 Å². The molecular weight excluding hydrogens is 400 g/mol. The second-order valence-electron chi connectivity index (χ2n) is 7.80. The molecule has 3 aromatic rings. The van der Waals surface area contributed by atoms with E-state index < -0.39 is 9.84 Å². The first-order valence-electron chi connectivity index (χ1n) is 9.93. The molecule has 30 heavy (non-hydrogen) atoms. The summed E-state index contributed by atoms with van der Waals surface area (Å²) in [5.41, 5.74) is 3.72.